The van der Waals surface area contributed by atoms with Gasteiger partial charge in [-0.05, 0) is 17.9 Å². The molecule has 0 saturated heterocycles. The zero-order valence-electron chi connectivity index (χ0n) is 8.53. The summed E-state index contributed by atoms with van der Waals surface area (Å²) >= 11 is 1.63. The number of Topliss-reactive ketones (excluding diaryl/α,β-unsaturated/α-hetero) is 1. The van der Waals surface area contributed by atoms with Crippen molar-refractivity contribution < 1.29 is 4.79 Å². The highest BCUT2D eigenvalue weighted by molar-refractivity contribution is 7.10. The molecular weight excluding hydrogens is 194 g/mol. The summed E-state index contributed by atoms with van der Waals surface area (Å²) in [5.41, 5.74) is 5.80. The molecule has 0 bridgehead atoms. The van der Waals surface area contributed by atoms with Crippen LogP contribution in [0.25, 0.3) is 0 Å². The number of carbonyl (C=O) groups excluding carboxylic acids is 1. The first-order chi connectivity index (χ1) is 6.72. The van der Waals surface area contributed by atoms with Gasteiger partial charge in [0.25, 0.3) is 0 Å². The van der Waals surface area contributed by atoms with E-state index in [-0.39, 0.29) is 11.8 Å². The van der Waals surface area contributed by atoms with Gasteiger partial charge in [0, 0.05) is 23.8 Å². The maximum atomic E-state index is 11.5. The molecule has 0 fully saturated rings. The molecule has 1 heterocycles. The smallest absolute Gasteiger partial charge is 0.139 e. The molecule has 1 unspecified atom stereocenters. The minimum Gasteiger partial charge on any atom is -0.327 e. The lowest BCUT2D eigenvalue weighted by Gasteiger charge is -2.07. The van der Waals surface area contributed by atoms with E-state index in [1.807, 2.05) is 17.5 Å². The van der Waals surface area contributed by atoms with Crippen LogP contribution in [-0.2, 0) is 11.2 Å². The van der Waals surface area contributed by atoms with Gasteiger partial charge in [-0.1, -0.05) is 19.4 Å². The summed E-state index contributed by atoms with van der Waals surface area (Å²) in [5, 5.41) is 1.99. The first kappa shape index (κ1) is 11.4. The first-order valence-electron chi connectivity index (χ1n) is 5.02. The van der Waals surface area contributed by atoms with E-state index in [4.69, 9.17) is 5.73 Å². The third kappa shape index (κ3) is 4.03. The predicted octanol–water partition coefficient (Wildman–Crippen LogP) is 2.38. The summed E-state index contributed by atoms with van der Waals surface area (Å²) < 4.78 is 0. The van der Waals surface area contributed by atoms with Crippen molar-refractivity contribution in [3.63, 3.8) is 0 Å². The Kier molecular flexibility index (Phi) is 4.84. The molecule has 1 aromatic rings. The van der Waals surface area contributed by atoms with Gasteiger partial charge in [-0.25, -0.2) is 0 Å². The number of thiophene rings is 1. The van der Waals surface area contributed by atoms with E-state index in [0.717, 1.165) is 17.7 Å². The van der Waals surface area contributed by atoms with Gasteiger partial charge >= 0.3 is 0 Å². The van der Waals surface area contributed by atoms with Crippen LogP contribution in [0.1, 0.15) is 31.1 Å². The van der Waals surface area contributed by atoms with Gasteiger partial charge < -0.3 is 5.73 Å². The molecule has 0 spiro atoms. The minimum atomic E-state index is 0.0486. The van der Waals surface area contributed by atoms with Gasteiger partial charge in [-0.3, -0.25) is 4.79 Å². The SMILES string of the molecule is CCCC(N)CC(=O)Cc1cccs1. The Bertz CT molecular complexity index is 269. The van der Waals surface area contributed by atoms with Gasteiger partial charge in [0.15, 0.2) is 0 Å². The summed E-state index contributed by atoms with van der Waals surface area (Å²) in [6.07, 6.45) is 3.06. The number of hydrogen-bond donors (Lipinski definition) is 1. The second-order valence-electron chi connectivity index (χ2n) is 3.55. The quantitative estimate of drug-likeness (QED) is 0.785. The summed E-state index contributed by atoms with van der Waals surface area (Å²) in [6.45, 7) is 2.09. The Hall–Kier alpha value is -0.670. The summed E-state index contributed by atoms with van der Waals surface area (Å²) in [7, 11) is 0. The fourth-order valence-electron chi connectivity index (χ4n) is 1.44. The monoisotopic (exact) mass is 211 g/mol. The molecule has 3 heteroatoms. The van der Waals surface area contributed by atoms with Crippen LogP contribution in [0.5, 0.6) is 0 Å². The first-order valence-corrected chi connectivity index (χ1v) is 5.90. The van der Waals surface area contributed by atoms with E-state index in [0.29, 0.717) is 12.8 Å². The van der Waals surface area contributed by atoms with E-state index < -0.39 is 0 Å². The maximum Gasteiger partial charge on any atom is 0.139 e. The molecule has 0 amide bonds. The molecule has 0 aliphatic carbocycles. The average Bonchev–Trinajstić information content (AvgIpc) is 2.56. The lowest BCUT2D eigenvalue weighted by Crippen LogP contribution is -2.24. The fraction of sp³-hybridized carbons (Fsp3) is 0.545. The average molecular weight is 211 g/mol. The largest absolute Gasteiger partial charge is 0.327 e. The van der Waals surface area contributed by atoms with Crippen molar-refractivity contribution in [2.75, 3.05) is 0 Å². The van der Waals surface area contributed by atoms with Crippen molar-refractivity contribution in [3.05, 3.63) is 22.4 Å². The van der Waals surface area contributed by atoms with Gasteiger partial charge in [-0.15, -0.1) is 11.3 Å². The van der Waals surface area contributed by atoms with E-state index in [2.05, 4.69) is 6.92 Å². The number of rotatable bonds is 6. The normalized spacial score (nSPS) is 12.7. The molecule has 0 saturated carbocycles. The molecule has 0 aromatic carbocycles. The fourth-order valence-corrected chi connectivity index (χ4v) is 2.18. The van der Waals surface area contributed by atoms with E-state index in [1.165, 1.54) is 0 Å². The molecule has 0 aliphatic rings. The van der Waals surface area contributed by atoms with Gasteiger partial charge in [0.2, 0.25) is 0 Å². The Morgan fingerprint density at radius 3 is 3.00 bits per heavy atom. The molecule has 78 valence electrons. The van der Waals surface area contributed by atoms with Crippen molar-refractivity contribution in [2.24, 2.45) is 5.73 Å². The van der Waals surface area contributed by atoms with Crippen molar-refractivity contribution in [3.8, 4) is 0 Å². The molecule has 1 rings (SSSR count). The van der Waals surface area contributed by atoms with Crippen LogP contribution >= 0.6 is 11.3 Å². The standard InChI is InChI=1S/C11H17NOS/c1-2-4-9(12)7-10(13)8-11-5-3-6-14-11/h3,5-6,9H,2,4,7-8,12H2,1H3. The molecule has 0 radical (unpaired) electrons. The predicted molar refractivity (Wildman–Crippen MR) is 60.5 cm³/mol. The zero-order chi connectivity index (χ0) is 10.4. The van der Waals surface area contributed by atoms with Crippen LogP contribution in [0.2, 0.25) is 0 Å². The van der Waals surface area contributed by atoms with Gasteiger partial charge in [0.05, 0.1) is 0 Å². The van der Waals surface area contributed by atoms with Gasteiger partial charge in [0.1, 0.15) is 5.78 Å². The Morgan fingerprint density at radius 2 is 2.43 bits per heavy atom. The van der Waals surface area contributed by atoms with Crippen molar-refractivity contribution >= 4 is 17.1 Å². The maximum absolute atomic E-state index is 11.5. The molecular formula is C11H17NOS. The molecule has 0 aliphatic heterocycles. The lowest BCUT2D eigenvalue weighted by atomic mass is 10.0. The van der Waals surface area contributed by atoms with Crippen LogP contribution in [0.4, 0.5) is 0 Å². The molecule has 1 aromatic heterocycles. The van der Waals surface area contributed by atoms with Crippen LogP contribution < -0.4 is 5.73 Å². The highest BCUT2D eigenvalue weighted by Crippen LogP contribution is 2.11. The highest BCUT2D eigenvalue weighted by Gasteiger charge is 2.09. The number of hydrogen-bond acceptors (Lipinski definition) is 3. The Balaban J connectivity index is 2.29. The summed E-state index contributed by atoms with van der Waals surface area (Å²) in [6, 6.07) is 4.01. The number of ketones is 1. The highest BCUT2D eigenvalue weighted by atomic mass is 32.1. The lowest BCUT2D eigenvalue weighted by molar-refractivity contribution is -0.118. The van der Waals surface area contributed by atoms with Crippen LogP contribution in [0.15, 0.2) is 17.5 Å². The van der Waals surface area contributed by atoms with Crippen LogP contribution in [0.3, 0.4) is 0 Å². The van der Waals surface area contributed by atoms with E-state index >= 15 is 0 Å². The summed E-state index contributed by atoms with van der Waals surface area (Å²) in [4.78, 5) is 12.7. The topological polar surface area (TPSA) is 43.1 Å². The Morgan fingerprint density at radius 1 is 1.64 bits per heavy atom. The van der Waals surface area contributed by atoms with E-state index in [9.17, 15) is 4.79 Å². The molecule has 14 heavy (non-hydrogen) atoms. The Labute approximate surface area is 89.1 Å². The van der Waals surface area contributed by atoms with Crippen molar-refractivity contribution in [2.45, 2.75) is 38.6 Å². The molecule has 1 atom stereocenters. The summed E-state index contributed by atoms with van der Waals surface area (Å²) in [5.74, 6) is 0.258. The third-order valence-corrected chi connectivity index (χ3v) is 2.98. The second-order valence-corrected chi connectivity index (χ2v) is 4.58. The third-order valence-electron chi connectivity index (χ3n) is 2.10. The van der Waals surface area contributed by atoms with Gasteiger partial charge in [-0.2, -0.15) is 0 Å². The minimum absolute atomic E-state index is 0.0486. The molecule has 2 N–H and O–H groups in total. The second kappa shape index (κ2) is 5.94. The van der Waals surface area contributed by atoms with Crippen LogP contribution in [-0.4, -0.2) is 11.8 Å². The van der Waals surface area contributed by atoms with Crippen LogP contribution in [0, 0.1) is 0 Å². The number of carbonyl (C=O) groups is 1. The molecule has 2 nitrogen and oxygen atoms in total. The van der Waals surface area contributed by atoms with E-state index in [1.54, 1.807) is 11.3 Å². The zero-order valence-corrected chi connectivity index (χ0v) is 9.35. The number of nitrogens with two attached hydrogens (primary N) is 1. The van der Waals surface area contributed by atoms with Crippen molar-refractivity contribution in [1.82, 2.24) is 0 Å². The van der Waals surface area contributed by atoms with Crippen molar-refractivity contribution in [1.29, 1.82) is 0 Å².